The van der Waals surface area contributed by atoms with Gasteiger partial charge in [-0.15, -0.1) is 0 Å². The molecule has 2 aliphatic heterocycles. The highest BCUT2D eigenvalue weighted by Gasteiger charge is 2.34. The Morgan fingerprint density at radius 3 is 2.50 bits per heavy atom. The van der Waals surface area contributed by atoms with Gasteiger partial charge in [-0.1, -0.05) is 0 Å². The van der Waals surface area contributed by atoms with Crippen molar-refractivity contribution in [2.24, 2.45) is 0 Å². The molecule has 1 fully saturated rings. The summed E-state index contributed by atoms with van der Waals surface area (Å²) in [7, 11) is -3.09. The molecule has 0 aliphatic carbocycles. The molecule has 3 heterocycles. The van der Waals surface area contributed by atoms with Crippen LogP contribution in [0.1, 0.15) is 25.1 Å². The molecule has 9 heteroatoms. The standard InChI is InChI=1S/C13H17ClN4O3S/c1-8-4-17(5-9(2)18(8)12(14)19)13-15-3-10-6-22(20,21)7-11(10)16-13/h3,8-9H,4-7H2,1-2H3/t8-,9+. The maximum Gasteiger partial charge on any atom is 0.316 e. The lowest BCUT2D eigenvalue weighted by Crippen LogP contribution is -2.57. The normalized spacial score (nSPS) is 26.9. The zero-order chi connectivity index (χ0) is 16.1. The molecule has 0 radical (unpaired) electrons. The molecule has 0 unspecified atom stereocenters. The summed E-state index contributed by atoms with van der Waals surface area (Å²) in [4.78, 5) is 23.8. The number of rotatable bonds is 1. The van der Waals surface area contributed by atoms with Crippen LogP contribution in [0.4, 0.5) is 10.7 Å². The molecule has 120 valence electrons. The first kappa shape index (κ1) is 15.5. The number of sulfone groups is 1. The highest BCUT2D eigenvalue weighted by atomic mass is 35.5. The molecule has 0 aromatic carbocycles. The van der Waals surface area contributed by atoms with E-state index in [0.717, 1.165) is 0 Å². The quantitative estimate of drug-likeness (QED) is 0.561. The largest absolute Gasteiger partial charge is 0.337 e. The zero-order valence-corrected chi connectivity index (χ0v) is 13.9. The third-order valence-electron chi connectivity index (χ3n) is 4.08. The van der Waals surface area contributed by atoms with Crippen molar-refractivity contribution in [3.8, 4) is 0 Å². The van der Waals surface area contributed by atoms with Crippen LogP contribution in [0.3, 0.4) is 0 Å². The summed E-state index contributed by atoms with van der Waals surface area (Å²) in [6, 6.07) is -0.122. The van der Waals surface area contributed by atoms with Gasteiger partial charge in [0.2, 0.25) is 5.95 Å². The number of aromatic nitrogens is 2. The van der Waals surface area contributed by atoms with Crippen LogP contribution < -0.4 is 4.90 Å². The average Bonchev–Trinajstić information content (AvgIpc) is 2.69. The molecule has 0 N–H and O–H groups in total. The van der Waals surface area contributed by atoms with Gasteiger partial charge in [0, 0.05) is 36.9 Å². The third-order valence-corrected chi connectivity index (χ3v) is 5.74. The Morgan fingerprint density at radius 1 is 1.27 bits per heavy atom. The fourth-order valence-electron chi connectivity index (χ4n) is 3.16. The van der Waals surface area contributed by atoms with Gasteiger partial charge in [-0.3, -0.25) is 4.79 Å². The minimum Gasteiger partial charge on any atom is -0.337 e. The average molecular weight is 345 g/mol. The number of carbonyl (C=O) groups excluding carboxylic acids is 1. The highest BCUT2D eigenvalue weighted by molar-refractivity contribution is 7.90. The summed E-state index contributed by atoms with van der Waals surface area (Å²) in [5.41, 5.74) is 1.26. The lowest BCUT2D eigenvalue weighted by Gasteiger charge is -2.43. The van der Waals surface area contributed by atoms with E-state index < -0.39 is 15.2 Å². The number of amides is 1. The summed E-state index contributed by atoms with van der Waals surface area (Å²) >= 11 is 5.62. The molecular formula is C13H17ClN4O3S. The van der Waals surface area contributed by atoms with Gasteiger partial charge < -0.3 is 9.80 Å². The number of piperazine rings is 1. The van der Waals surface area contributed by atoms with Gasteiger partial charge in [-0.05, 0) is 25.4 Å². The van der Waals surface area contributed by atoms with Crippen LogP contribution in [0.15, 0.2) is 6.20 Å². The first-order chi connectivity index (χ1) is 10.3. The van der Waals surface area contributed by atoms with E-state index in [1.165, 1.54) is 0 Å². The summed E-state index contributed by atoms with van der Waals surface area (Å²) in [5.74, 6) is 0.503. The monoisotopic (exact) mass is 344 g/mol. The van der Waals surface area contributed by atoms with Crippen LogP contribution in [0, 0.1) is 0 Å². The molecule has 2 atom stereocenters. The van der Waals surface area contributed by atoms with Crippen LogP contribution in [-0.4, -0.2) is 53.8 Å². The SMILES string of the molecule is C[C@@H]1CN(c2ncc3c(n2)CS(=O)(=O)C3)C[C@H](C)N1C(=O)Cl. The Morgan fingerprint density at radius 2 is 1.91 bits per heavy atom. The minimum atomic E-state index is -3.09. The van der Waals surface area contributed by atoms with Crippen molar-refractivity contribution in [3.05, 3.63) is 17.5 Å². The van der Waals surface area contributed by atoms with Crippen LogP contribution >= 0.6 is 11.6 Å². The zero-order valence-electron chi connectivity index (χ0n) is 12.4. The number of nitrogens with zero attached hydrogens (tertiary/aromatic N) is 4. The predicted octanol–water partition coefficient (Wildman–Crippen LogP) is 1.16. The number of hydrogen-bond acceptors (Lipinski definition) is 6. The lowest BCUT2D eigenvalue weighted by molar-refractivity contribution is 0.162. The molecule has 0 spiro atoms. The van der Waals surface area contributed by atoms with Gasteiger partial charge in [-0.2, -0.15) is 0 Å². The summed E-state index contributed by atoms with van der Waals surface area (Å²) < 4.78 is 23.3. The molecule has 2 aliphatic rings. The van der Waals surface area contributed by atoms with Crippen molar-refractivity contribution in [2.45, 2.75) is 37.4 Å². The van der Waals surface area contributed by atoms with Gasteiger partial charge in [-0.25, -0.2) is 18.4 Å². The molecule has 0 bridgehead atoms. The second-order valence-corrected chi connectivity index (χ2v) is 8.33. The molecule has 1 saturated heterocycles. The van der Waals surface area contributed by atoms with Crippen LogP contribution in [-0.2, 0) is 21.3 Å². The number of anilines is 1. The van der Waals surface area contributed by atoms with Crippen molar-refractivity contribution < 1.29 is 13.2 Å². The molecule has 7 nitrogen and oxygen atoms in total. The van der Waals surface area contributed by atoms with Crippen molar-refractivity contribution in [2.75, 3.05) is 18.0 Å². The van der Waals surface area contributed by atoms with Gasteiger partial charge in [0.25, 0.3) is 0 Å². The summed E-state index contributed by atoms with van der Waals surface area (Å²) in [6.45, 7) is 4.96. The molecule has 3 rings (SSSR count). The number of hydrogen-bond donors (Lipinski definition) is 0. The smallest absolute Gasteiger partial charge is 0.316 e. The van der Waals surface area contributed by atoms with Crippen molar-refractivity contribution in [1.82, 2.24) is 14.9 Å². The Hall–Kier alpha value is -1.41. The second-order valence-electron chi connectivity index (χ2n) is 5.94. The van der Waals surface area contributed by atoms with E-state index in [1.54, 1.807) is 11.1 Å². The van der Waals surface area contributed by atoms with E-state index in [4.69, 9.17) is 11.6 Å². The maximum atomic E-state index is 11.7. The predicted molar refractivity (Wildman–Crippen MR) is 82.6 cm³/mol. The molecule has 0 saturated carbocycles. The summed E-state index contributed by atoms with van der Waals surface area (Å²) in [5, 5.41) is -0.458. The van der Waals surface area contributed by atoms with Crippen LogP contribution in [0.25, 0.3) is 0 Å². The molecule has 1 aromatic heterocycles. The van der Waals surface area contributed by atoms with Gasteiger partial charge in [0.05, 0.1) is 17.2 Å². The van der Waals surface area contributed by atoms with E-state index in [0.29, 0.717) is 30.3 Å². The first-order valence-electron chi connectivity index (χ1n) is 7.05. The van der Waals surface area contributed by atoms with E-state index in [1.807, 2.05) is 18.7 Å². The minimum absolute atomic E-state index is 0.0178. The number of fused-ring (bicyclic) bond motifs is 1. The van der Waals surface area contributed by atoms with E-state index in [-0.39, 0.29) is 23.6 Å². The van der Waals surface area contributed by atoms with Crippen molar-refractivity contribution >= 4 is 32.8 Å². The van der Waals surface area contributed by atoms with Crippen molar-refractivity contribution in [3.63, 3.8) is 0 Å². The lowest BCUT2D eigenvalue weighted by atomic mass is 10.1. The molecule has 22 heavy (non-hydrogen) atoms. The fraction of sp³-hybridized carbons (Fsp3) is 0.615. The van der Waals surface area contributed by atoms with E-state index >= 15 is 0 Å². The Kier molecular flexibility index (Phi) is 3.76. The number of carbonyl (C=O) groups is 1. The van der Waals surface area contributed by atoms with Gasteiger partial charge in [0.1, 0.15) is 0 Å². The molecule has 1 amide bonds. The fourth-order valence-corrected chi connectivity index (χ4v) is 4.98. The molecular weight excluding hydrogens is 328 g/mol. The van der Waals surface area contributed by atoms with Crippen molar-refractivity contribution in [1.29, 1.82) is 0 Å². The third kappa shape index (κ3) is 2.77. The summed E-state index contributed by atoms with van der Waals surface area (Å²) in [6.07, 6.45) is 1.59. The topological polar surface area (TPSA) is 83.5 Å². The Labute approximate surface area is 134 Å². The van der Waals surface area contributed by atoms with Gasteiger partial charge in [0.15, 0.2) is 9.84 Å². The second kappa shape index (κ2) is 5.34. The van der Waals surface area contributed by atoms with E-state index in [9.17, 15) is 13.2 Å². The van der Waals surface area contributed by atoms with Gasteiger partial charge >= 0.3 is 5.37 Å². The van der Waals surface area contributed by atoms with Crippen LogP contribution in [0.2, 0.25) is 0 Å². The Balaban J connectivity index is 1.84. The highest BCUT2D eigenvalue weighted by Crippen LogP contribution is 2.26. The number of halogens is 1. The first-order valence-corrected chi connectivity index (χ1v) is 9.25. The van der Waals surface area contributed by atoms with E-state index in [2.05, 4.69) is 9.97 Å². The van der Waals surface area contributed by atoms with Crippen LogP contribution in [0.5, 0.6) is 0 Å². The Bertz CT molecular complexity index is 712. The molecule has 1 aromatic rings. The maximum absolute atomic E-state index is 11.7.